The zero-order valence-corrected chi connectivity index (χ0v) is 10.9. The van der Waals surface area contributed by atoms with E-state index in [1.54, 1.807) is 12.5 Å². The predicted octanol–water partition coefficient (Wildman–Crippen LogP) is 1.78. The van der Waals surface area contributed by atoms with Gasteiger partial charge in [0.1, 0.15) is 18.2 Å². The number of aryl methyl sites for hydroxylation is 1. The summed E-state index contributed by atoms with van der Waals surface area (Å²) in [6, 6.07) is 1.96. The van der Waals surface area contributed by atoms with Gasteiger partial charge in [-0.3, -0.25) is 0 Å². The first kappa shape index (κ1) is 12.7. The van der Waals surface area contributed by atoms with Gasteiger partial charge in [-0.15, -0.1) is 0 Å². The monoisotopic (exact) mass is 245 g/mol. The summed E-state index contributed by atoms with van der Waals surface area (Å²) >= 11 is 0. The SMILES string of the molecule is CCCNC(c1ccncn1)c1nccn1CC. The quantitative estimate of drug-likeness (QED) is 0.843. The molecule has 0 bridgehead atoms. The molecule has 0 aromatic carbocycles. The minimum atomic E-state index is 0.0305. The fraction of sp³-hybridized carbons (Fsp3) is 0.462. The molecule has 0 spiro atoms. The Morgan fingerprint density at radius 1 is 1.28 bits per heavy atom. The molecule has 96 valence electrons. The maximum absolute atomic E-state index is 4.46. The first-order chi connectivity index (χ1) is 8.86. The van der Waals surface area contributed by atoms with Crippen molar-refractivity contribution in [1.29, 1.82) is 0 Å². The van der Waals surface area contributed by atoms with E-state index in [2.05, 4.69) is 38.7 Å². The molecule has 0 aliphatic heterocycles. The van der Waals surface area contributed by atoms with Gasteiger partial charge in [-0.25, -0.2) is 15.0 Å². The molecule has 0 amide bonds. The Morgan fingerprint density at radius 2 is 2.17 bits per heavy atom. The Hall–Kier alpha value is -1.75. The average Bonchev–Trinajstić information content (AvgIpc) is 2.89. The summed E-state index contributed by atoms with van der Waals surface area (Å²) in [5.41, 5.74) is 0.958. The third-order valence-electron chi connectivity index (χ3n) is 2.85. The summed E-state index contributed by atoms with van der Waals surface area (Å²) in [4.78, 5) is 12.8. The molecular formula is C13H19N5. The predicted molar refractivity (Wildman–Crippen MR) is 70.1 cm³/mol. The van der Waals surface area contributed by atoms with Crippen LogP contribution in [0, 0.1) is 0 Å². The highest BCUT2D eigenvalue weighted by molar-refractivity contribution is 5.16. The zero-order valence-electron chi connectivity index (χ0n) is 10.9. The lowest BCUT2D eigenvalue weighted by atomic mass is 10.1. The van der Waals surface area contributed by atoms with Crippen molar-refractivity contribution >= 4 is 0 Å². The van der Waals surface area contributed by atoms with Crippen LogP contribution in [0.4, 0.5) is 0 Å². The van der Waals surface area contributed by atoms with Gasteiger partial charge in [0.15, 0.2) is 0 Å². The number of imidazole rings is 1. The summed E-state index contributed by atoms with van der Waals surface area (Å²) in [5, 5.41) is 3.49. The molecule has 18 heavy (non-hydrogen) atoms. The van der Waals surface area contributed by atoms with Gasteiger partial charge in [0.05, 0.1) is 5.69 Å². The number of hydrogen-bond acceptors (Lipinski definition) is 4. The van der Waals surface area contributed by atoms with Gasteiger partial charge in [0.25, 0.3) is 0 Å². The number of nitrogens with zero attached hydrogens (tertiary/aromatic N) is 4. The van der Waals surface area contributed by atoms with E-state index in [1.807, 2.05) is 18.5 Å². The smallest absolute Gasteiger partial charge is 0.132 e. The van der Waals surface area contributed by atoms with Gasteiger partial charge in [0.2, 0.25) is 0 Å². The van der Waals surface area contributed by atoms with Gasteiger partial charge in [-0.05, 0) is 26.0 Å². The summed E-state index contributed by atoms with van der Waals surface area (Å²) in [7, 11) is 0. The maximum Gasteiger partial charge on any atom is 0.132 e. The molecular weight excluding hydrogens is 226 g/mol. The number of aromatic nitrogens is 4. The van der Waals surface area contributed by atoms with Crippen molar-refractivity contribution in [3.63, 3.8) is 0 Å². The van der Waals surface area contributed by atoms with Crippen molar-refractivity contribution < 1.29 is 0 Å². The van der Waals surface area contributed by atoms with E-state index >= 15 is 0 Å². The zero-order chi connectivity index (χ0) is 12.8. The van der Waals surface area contributed by atoms with Crippen LogP contribution >= 0.6 is 0 Å². The minimum Gasteiger partial charge on any atom is -0.334 e. The fourth-order valence-corrected chi connectivity index (χ4v) is 1.94. The van der Waals surface area contributed by atoms with Crippen LogP contribution in [0.5, 0.6) is 0 Å². The van der Waals surface area contributed by atoms with Gasteiger partial charge in [0, 0.05) is 25.1 Å². The molecule has 0 radical (unpaired) electrons. The van der Waals surface area contributed by atoms with Gasteiger partial charge in [-0.2, -0.15) is 0 Å². The third kappa shape index (κ3) is 2.73. The molecule has 0 saturated heterocycles. The van der Waals surface area contributed by atoms with Gasteiger partial charge < -0.3 is 9.88 Å². The molecule has 0 saturated carbocycles. The first-order valence-corrected chi connectivity index (χ1v) is 6.37. The van der Waals surface area contributed by atoms with Gasteiger partial charge in [-0.1, -0.05) is 6.92 Å². The lowest BCUT2D eigenvalue weighted by Crippen LogP contribution is -2.27. The Labute approximate surface area is 107 Å². The second-order valence-electron chi connectivity index (χ2n) is 4.09. The van der Waals surface area contributed by atoms with Crippen molar-refractivity contribution in [2.45, 2.75) is 32.9 Å². The van der Waals surface area contributed by atoms with Crippen LogP contribution in [0.3, 0.4) is 0 Å². The third-order valence-corrected chi connectivity index (χ3v) is 2.85. The standard InChI is InChI=1S/C13H19N5/c1-3-6-15-12(11-5-7-14-10-17-11)13-16-8-9-18(13)4-2/h5,7-10,12,15H,3-4,6H2,1-2H3. The molecule has 1 N–H and O–H groups in total. The fourth-order valence-electron chi connectivity index (χ4n) is 1.94. The van der Waals surface area contributed by atoms with Crippen LogP contribution in [-0.4, -0.2) is 26.1 Å². The molecule has 2 rings (SSSR count). The Balaban J connectivity index is 2.31. The van der Waals surface area contributed by atoms with E-state index in [4.69, 9.17) is 0 Å². The number of rotatable bonds is 6. The van der Waals surface area contributed by atoms with Crippen LogP contribution in [0.15, 0.2) is 31.0 Å². The summed E-state index contributed by atoms with van der Waals surface area (Å²) in [5.74, 6) is 1.00. The highest BCUT2D eigenvalue weighted by atomic mass is 15.1. The lowest BCUT2D eigenvalue weighted by Gasteiger charge is -2.18. The van der Waals surface area contributed by atoms with E-state index < -0.39 is 0 Å². The van der Waals surface area contributed by atoms with Crippen molar-refractivity contribution in [2.75, 3.05) is 6.54 Å². The highest BCUT2D eigenvalue weighted by Crippen LogP contribution is 2.18. The average molecular weight is 245 g/mol. The summed E-state index contributed by atoms with van der Waals surface area (Å²) < 4.78 is 2.13. The van der Waals surface area contributed by atoms with Crippen LogP contribution in [0.2, 0.25) is 0 Å². The molecule has 2 aromatic heterocycles. The Morgan fingerprint density at radius 3 is 2.83 bits per heavy atom. The van der Waals surface area contributed by atoms with Crippen molar-refractivity contribution in [3.8, 4) is 0 Å². The molecule has 0 aliphatic carbocycles. The second-order valence-corrected chi connectivity index (χ2v) is 4.09. The van der Waals surface area contributed by atoms with Crippen LogP contribution in [0.1, 0.15) is 37.8 Å². The van der Waals surface area contributed by atoms with Crippen molar-refractivity contribution in [3.05, 3.63) is 42.5 Å². The molecule has 5 heteroatoms. The van der Waals surface area contributed by atoms with E-state index in [1.165, 1.54) is 0 Å². The maximum atomic E-state index is 4.46. The van der Waals surface area contributed by atoms with E-state index in [0.29, 0.717) is 0 Å². The topological polar surface area (TPSA) is 55.6 Å². The van der Waals surface area contributed by atoms with E-state index in [9.17, 15) is 0 Å². The molecule has 5 nitrogen and oxygen atoms in total. The number of nitrogens with one attached hydrogen (secondary N) is 1. The minimum absolute atomic E-state index is 0.0305. The lowest BCUT2D eigenvalue weighted by molar-refractivity contribution is 0.531. The van der Waals surface area contributed by atoms with Crippen LogP contribution in [0.25, 0.3) is 0 Å². The molecule has 0 aliphatic rings. The molecule has 2 heterocycles. The molecule has 1 unspecified atom stereocenters. The Bertz CT molecular complexity index is 465. The highest BCUT2D eigenvalue weighted by Gasteiger charge is 2.19. The van der Waals surface area contributed by atoms with Crippen molar-refractivity contribution in [2.24, 2.45) is 0 Å². The van der Waals surface area contributed by atoms with E-state index in [0.717, 1.165) is 31.0 Å². The molecule has 1 atom stereocenters. The van der Waals surface area contributed by atoms with E-state index in [-0.39, 0.29) is 6.04 Å². The normalized spacial score (nSPS) is 12.6. The van der Waals surface area contributed by atoms with Crippen molar-refractivity contribution in [1.82, 2.24) is 24.8 Å². The van der Waals surface area contributed by atoms with Crippen LogP contribution < -0.4 is 5.32 Å². The summed E-state index contributed by atoms with van der Waals surface area (Å²) in [6.45, 7) is 6.11. The summed E-state index contributed by atoms with van der Waals surface area (Å²) in [6.07, 6.45) is 8.25. The Kier molecular flexibility index (Phi) is 4.41. The first-order valence-electron chi connectivity index (χ1n) is 6.37. The largest absolute Gasteiger partial charge is 0.334 e. The second kappa shape index (κ2) is 6.26. The molecule has 0 fully saturated rings. The number of hydrogen-bond donors (Lipinski definition) is 1. The van der Waals surface area contributed by atoms with Crippen LogP contribution in [-0.2, 0) is 6.54 Å². The molecule has 2 aromatic rings. The van der Waals surface area contributed by atoms with Gasteiger partial charge >= 0.3 is 0 Å².